The van der Waals surface area contributed by atoms with Gasteiger partial charge in [0.25, 0.3) is 0 Å². The second-order valence-electron chi connectivity index (χ2n) is 5.24. The minimum atomic E-state index is -4.79. The molecule has 0 unspecified atom stereocenters. The molecule has 0 spiro atoms. The van der Waals surface area contributed by atoms with E-state index in [0.717, 1.165) is 12.1 Å². The molecule has 10 heteroatoms. The summed E-state index contributed by atoms with van der Waals surface area (Å²) in [6.45, 7) is -0.621. The van der Waals surface area contributed by atoms with E-state index in [1.807, 2.05) is 0 Å². The van der Waals surface area contributed by atoms with Crippen molar-refractivity contribution in [3.05, 3.63) is 53.1 Å². The highest BCUT2D eigenvalue weighted by Crippen LogP contribution is 2.28. The molecule has 144 valence electrons. The Morgan fingerprint density at radius 2 is 1.78 bits per heavy atom. The summed E-state index contributed by atoms with van der Waals surface area (Å²) in [6.07, 6.45) is -4.92. The molecule has 0 saturated heterocycles. The molecule has 6 nitrogen and oxygen atoms in total. The molecule has 0 atom stereocenters. The number of nitrogens with one attached hydrogen (secondary N) is 1. The van der Waals surface area contributed by atoms with Crippen LogP contribution in [0.1, 0.15) is 5.56 Å². The number of benzene rings is 2. The van der Waals surface area contributed by atoms with E-state index in [1.54, 1.807) is 0 Å². The van der Waals surface area contributed by atoms with Crippen molar-refractivity contribution in [3.63, 3.8) is 0 Å². The van der Waals surface area contributed by atoms with Gasteiger partial charge >= 0.3 is 12.3 Å². The van der Waals surface area contributed by atoms with Crippen LogP contribution >= 0.6 is 11.6 Å². The fourth-order valence-electron chi connectivity index (χ4n) is 2.05. The van der Waals surface area contributed by atoms with Gasteiger partial charge in [0.2, 0.25) is 5.91 Å². The molecule has 0 bridgehead atoms. The molecule has 0 fully saturated rings. The van der Waals surface area contributed by atoms with Crippen LogP contribution in [0.5, 0.6) is 11.5 Å². The number of hydrogen-bond acceptors (Lipinski definition) is 4. The van der Waals surface area contributed by atoms with Gasteiger partial charge in [-0.25, -0.2) is 4.79 Å². The predicted molar refractivity (Wildman–Crippen MR) is 90.0 cm³/mol. The number of hydrogen-bond donors (Lipinski definition) is 2. The molecule has 1 amide bonds. The fraction of sp³-hybridized carbons (Fsp3) is 0.176. The smallest absolute Gasteiger partial charge is 0.480 e. The van der Waals surface area contributed by atoms with Crippen LogP contribution in [0.2, 0.25) is 5.02 Å². The number of carbonyl (C=O) groups excluding carboxylic acids is 1. The molecular formula is C17H13ClF3NO5. The highest BCUT2D eigenvalue weighted by molar-refractivity contribution is 6.30. The van der Waals surface area contributed by atoms with Crippen molar-refractivity contribution < 1.29 is 37.3 Å². The molecule has 0 aliphatic rings. The van der Waals surface area contributed by atoms with Crippen molar-refractivity contribution in [3.8, 4) is 11.5 Å². The monoisotopic (exact) mass is 403 g/mol. The average Bonchev–Trinajstić information content (AvgIpc) is 2.55. The first-order valence-electron chi connectivity index (χ1n) is 7.41. The van der Waals surface area contributed by atoms with Crippen molar-refractivity contribution in [1.29, 1.82) is 0 Å². The maximum Gasteiger partial charge on any atom is 0.573 e. The van der Waals surface area contributed by atoms with Crippen molar-refractivity contribution in [2.24, 2.45) is 0 Å². The Labute approximate surface area is 156 Å². The number of halogens is 4. The lowest BCUT2D eigenvalue weighted by molar-refractivity contribution is -0.274. The number of alkyl halides is 3. The Balaban J connectivity index is 2.02. The molecule has 0 aliphatic heterocycles. The van der Waals surface area contributed by atoms with E-state index < -0.39 is 30.6 Å². The number of carbonyl (C=O) groups is 2. The number of aliphatic carboxylic acids is 1. The summed E-state index contributed by atoms with van der Waals surface area (Å²) in [5.74, 6) is -2.00. The van der Waals surface area contributed by atoms with Crippen LogP contribution in [0.25, 0.3) is 0 Å². The molecular weight excluding hydrogens is 391 g/mol. The Morgan fingerprint density at radius 1 is 1.11 bits per heavy atom. The third-order valence-corrected chi connectivity index (χ3v) is 3.33. The summed E-state index contributed by atoms with van der Waals surface area (Å²) in [5, 5.41) is 11.5. The molecule has 0 radical (unpaired) electrons. The van der Waals surface area contributed by atoms with Gasteiger partial charge in [-0.05, 0) is 29.8 Å². The summed E-state index contributed by atoms with van der Waals surface area (Å²) in [5.41, 5.74) is 0.659. The van der Waals surface area contributed by atoms with Gasteiger partial charge in [0.1, 0.15) is 11.5 Å². The molecule has 0 aliphatic carbocycles. The second-order valence-corrected chi connectivity index (χ2v) is 5.68. The third kappa shape index (κ3) is 7.06. The van der Waals surface area contributed by atoms with Crippen LogP contribution in [0.3, 0.4) is 0 Å². The van der Waals surface area contributed by atoms with E-state index in [1.165, 1.54) is 30.3 Å². The Bertz CT molecular complexity index is 824. The second kappa shape index (κ2) is 8.63. The predicted octanol–water partition coefficient (Wildman–Crippen LogP) is 3.88. The maximum absolute atomic E-state index is 12.1. The summed E-state index contributed by atoms with van der Waals surface area (Å²) in [6, 6.07) is 9.11. The Kier molecular flexibility index (Phi) is 6.51. The number of ether oxygens (including phenoxy) is 2. The molecule has 2 N–H and O–H groups in total. The van der Waals surface area contributed by atoms with Crippen molar-refractivity contribution in [2.75, 3.05) is 11.9 Å². The van der Waals surface area contributed by atoms with Crippen LogP contribution in [0.15, 0.2) is 42.5 Å². The third-order valence-electron chi connectivity index (χ3n) is 3.09. The lowest BCUT2D eigenvalue weighted by Crippen LogP contribution is -2.17. The van der Waals surface area contributed by atoms with Gasteiger partial charge in [-0.1, -0.05) is 23.7 Å². The van der Waals surface area contributed by atoms with Crippen molar-refractivity contribution >= 4 is 29.2 Å². The van der Waals surface area contributed by atoms with E-state index in [4.69, 9.17) is 21.4 Å². The van der Waals surface area contributed by atoms with Gasteiger partial charge in [0, 0.05) is 11.1 Å². The van der Waals surface area contributed by atoms with E-state index >= 15 is 0 Å². The van der Waals surface area contributed by atoms with Gasteiger partial charge in [0.15, 0.2) is 6.61 Å². The number of carboxylic acids is 1. The van der Waals surface area contributed by atoms with Crippen LogP contribution < -0.4 is 14.8 Å². The van der Waals surface area contributed by atoms with Crippen LogP contribution in [0, 0.1) is 0 Å². The first-order valence-corrected chi connectivity index (χ1v) is 7.79. The average molecular weight is 404 g/mol. The van der Waals surface area contributed by atoms with Crippen LogP contribution in [0.4, 0.5) is 18.9 Å². The zero-order chi connectivity index (χ0) is 20.0. The lowest BCUT2D eigenvalue weighted by atomic mass is 10.1. The topological polar surface area (TPSA) is 84.9 Å². The molecule has 0 aromatic heterocycles. The number of rotatable bonds is 7. The van der Waals surface area contributed by atoms with Crippen LogP contribution in [-0.2, 0) is 16.0 Å². The number of carboxylic acid groups (broad SMARTS) is 1. The molecule has 0 heterocycles. The molecule has 2 rings (SSSR count). The zero-order valence-electron chi connectivity index (χ0n) is 13.5. The minimum absolute atomic E-state index is 0.0761. The minimum Gasteiger partial charge on any atom is -0.480 e. The van der Waals surface area contributed by atoms with E-state index in [9.17, 15) is 22.8 Å². The summed E-state index contributed by atoms with van der Waals surface area (Å²) in [7, 11) is 0. The van der Waals surface area contributed by atoms with E-state index in [0.29, 0.717) is 5.56 Å². The Hall–Kier alpha value is -2.94. The van der Waals surface area contributed by atoms with Crippen LogP contribution in [-0.4, -0.2) is 30.0 Å². The highest BCUT2D eigenvalue weighted by atomic mass is 35.5. The quantitative estimate of drug-likeness (QED) is 0.732. The maximum atomic E-state index is 12.1. The summed E-state index contributed by atoms with van der Waals surface area (Å²) >= 11 is 5.83. The lowest BCUT2D eigenvalue weighted by Gasteiger charge is -2.12. The van der Waals surface area contributed by atoms with Gasteiger partial charge in [0.05, 0.1) is 12.1 Å². The largest absolute Gasteiger partial charge is 0.573 e. The normalized spacial score (nSPS) is 11.0. The number of amides is 1. The SMILES string of the molecule is O=C(O)COc1cc(Cl)ccc1NC(=O)Cc1ccc(OC(F)(F)F)cc1. The van der Waals surface area contributed by atoms with Gasteiger partial charge in [-0.15, -0.1) is 13.2 Å². The molecule has 2 aromatic rings. The first-order chi connectivity index (χ1) is 12.6. The first kappa shape index (κ1) is 20.4. The standard InChI is InChI=1S/C17H13ClF3NO5/c18-11-3-6-13(14(8-11)26-9-16(24)25)22-15(23)7-10-1-4-12(5-2-10)27-17(19,20)21/h1-6,8H,7,9H2,(H,22,23)(H,24,25). The summed E-state index contributed by atoms with van der Waals surface area (Å²) < 4.78 is 45.2. The van der Waals surface area contributed by atoms with E-state index in [2.05, 4.69) is 10.1 Å². The highest BCUT2D eigenvalue weighted by Gasteiger charge is 2.30. The number of anilines is 1. The molecule has 2 aromatic carbocycles. The fourth-order valence-corrected chi connectivity index (χ4v) is 2.21. The van der Waals surface area contributed by atoms with Gasteiger partial charge in [-0.2, -0.15) is 0 Å². The zero-order valence-corrected chi connectivity index (χ0v) is 14.3. The molecule has 0 saturated carbocycles. The van der Waals surface area contributed by atoms with Gasteiger partial charge < -0.3 is 19.9 Å². The summed E-state index contributed by atoms with van der Waals surface area (Å²) in [4.78, 5) is 22.8. The van der Waals surface area contributed by atoms with Crippen molar-refractivity contribution in [1.82, 2.24) is 0 Å². The van der Waals surface area contributed by atoms with E-state index in [-0.39, 0.29) is 22.9 Å². The van der Waals surface area contributed by atoms with Crippen molar-refractivity contribution in [2.45, 2.75) is 12.8 Å². The Morgan fingerprint density at radius 3 is 2.37 bits per heavy atom. The molecule has 27 heavy (non-hydrogen) atoms. The van der Waals surface area contributed by atoms with Gasteiger partial charge in [-0.3, -0.25) is 4.79 Å².